The van der Waals surface area contributed by atoms with E-state index in [0.29, 0.717) is 12.3 Å². The van der Waals surface area contributed by atoms with Gasteiger partial charge in [-0.25, -0.2) is 0 Å². The van der Waals surface area contributed by atoms with Crippen LogP contribution in [-0.2, 0) is 0 Å². The maximum Gasteiger partial charge on any atom is 0.0580 e. The summed E-state index contributed by atoms with van der Waals surface area (Å²) in [7, 11) is 0. The summed E-state index contributed by atoms with van der Waals surface area (Å²) in [6, 6.07) is 10.3. The van der Waals surface area contributed by atoms with E-state index in [1.807, 2.05) is 18.2 Å². The maximum absolute atomic E-state index is 9.61. The Hall–Kier alpha value is -1.08. The lowest BCUT2D eigenvalue weighted by Gasteiger charge is -2.15. The van der Waals surface area contributed by atoms with Gasteiger partial charge in [-0.2, -0.15) is 0 Å². The minimum absolute atomic E-state index is 0.261. The molecule has 1 heteroatoms. The van der Waals surface area contributed by atoms with Gasteiger partial charge in [0.1, 0.15) is 0 Å². The van der Waals surface area contributed by atoms with Gasteiger partial charge < -0.3 is 5.11 Å². The van der Waals surface area contributed by atoms with E-state index >= 15 is 0 Å². The van der Waals surface area contributed by atoms with Crippen molar-refractivity contribution in [3.05, 3.63) is 48.6 Å². The zero-order valence-corrected chi connectivity index (χ0v) is 8.69. The molecule has 0 bridgehead atoms. The molecule has 0 saturated heterocycles. The second kappa shape index (κ2) is 5.61. The average Bonchev–Trinajstić information content (AvgIpc) is 2.19. The second-order valence-corrected chi connectivity index (χ2v) is 3.73. The normalized spacial score (nSPS) is 14.7. The molecule has 0 aliphatic heterocycles. The van der Waals surface area contributed by atoms with Crippen molar-refractivity contribution < 1.29 is 5.11 Å². The molecule has 0 aliphatic carbocycles. The third kappa shape index (κ3) is 3.35. The Kier molecular flexibility index (Phi) is 4.41. The molecule has 0 aromatic heterocycles. The fourth-order valence-electron chi connectivity index (χ4n) is 1.61. The van der Waals surface area contributed by atoms with Gasteiger partial charge in [-0.15, -0.1) is 6.58 Å². The van der Waals surface area contributed by atoms with Gasteiger partial charge in [0.2, 0.25) is 0 Å². The lowest BCUT2D eigenvalue weighted by atomic mass is 9.94. The highest BCUT2D eigenvalue weighted by molar-refractivity contribution is 5.18. The lowest BCUT2D eigenvalue weighted by molar-refractivity contribution is 0.160. The van der Waals surface area contributed by atoms with E-state index < -0.39 is 0 Å². The van der Waals surface area contributed by atoms with Gasteiger partial charge >= 0.3 is 0 Å². The average molecular weight is 190 g/mol. The highest BCUT2D eigenvalue weighted by Gasteiger charge is 2.10. The second-order valence-electron chi connectivity index (χ2n) is 3.73. The Labute approximate surface area is 86.1 Å². The number of hydrogen-bond acceptors (Lipinski definition) is 1. The summed E-state index contributed by atoms with van der Waals surface area (Å²) in [5.74, 6) is 0.408. The summed E-state index contributed by atoms with van der Waals surface area (Å²) in [6.07, 6.45) is 2.98. The van der Waals surface area contributed by atoms with E-state index in [1.165, 1.54) is 5.56 Å². The van der Waals surface area contributed by atoms with E-state index in [1.54, 1.807) is 6.08 Å². The van der Waals surface area contributed by atoms with Crippen LogP contribution >= 0.6 is 0 Å². The van der Waals surface area contributed by atoms with Gasteiger partial charge in [0.25, 0.3) is 0 Å². The van der Waals surface area contributed by atoms with Crippen LogP contribution < -0.4 is 0 Å². The number of aliphatic hydroxyl groups excluding tert-OH is 1. The van der Waals surface area contributed by atoms with Crippen LogP contribution in [0, 0.1) is 0 Å². The maximum atomic E-state index is 9.61. The first kappa shape index (κ1) is 11.0. The molecular formula is C13H18O. The van der Waals surface area contributed by atoms with E-state index in [-0.39, 0.29) is 6.10 Å². The van der Waals surface area contributed by atoms with Crippen molar-refractivity contribution in [1.29, 1.82) is 0 Å². The van der Waals surface area contributed by atoms with Crippen molar-refractivity contribution in [2.45, 2.75) is 31.8 Å². The van der Waals surface area contributed by atoms with Crippen LogP contribution in [0.15, 0.2) is 43.0 Å². The van der Waals surface area contributed by atoms with Crippen LogP contribution in [0.5, 0.6) is 0 Å². The Morgan fingerprint density at radius 3 is 2.57 bits per heavy atom. The minimum Gasteiger partial charge on any atom is -0.393 e. The van der Waals surface area contributed by atoms with E-state index in [2.05, 4.69) is 25.6 Å². The van der Waals surface area contributed by atoms with E-state index in [4.69, 9.17) is 0 Å². The molecule has 0 fully saturated rings. The fraction of sp³-hybridized carbons (Fsp3) is 0.385. The van der Waals surface area contributed by atoms with Crippen LogP contribution in [0.25, 0.3) is 0 Å². The van der Waals surface area contributed by atoms with Crippen LogP contribution in [0.2, 0.25) is 0 Å². The SMILES string of the molecule is C=CCC(O)CC(C)c1ccccc1. The van der Waals surface area contributed by atoms with Crippen LogP contribution in [-0.4, -0.2) is 11.2 Å². The quantitative estimate of drug-likeness (QED) is 0.707. The first-order chi connectivity index (χ1) is 6.74. The zero-order chi connectivity index (χ0) is 10.4. The van der Waals surface area contributed by atoms with E-state index in [0.717, 1.165) is 6.42 Å². The summed E-state index contributed by atoms with van der Waals surface area (Å²) in [5.41, 5.74) is 1.29. The lowest BCUT2D eigenvalue weighted by Crippen LogP contribution is -2.09. The molecule has 1 nitrogen and oxygen atoms in total. The van der Waals surface area contributed by atoms with Crippen molar-refractivity contribution in [1.82, 2.24) is 0 Å². The topological polar surface area (TPSA) is 20.2 Å². The number of hydrogen-bond donors (Lipinski definition) is 1. The standard InChI is InChI=1S/C13H18O/c1-3-7-13(14)10-11(2)12-8-5-4-6-9-12/h3-6,8-9,11,13-14H,1,7,10H2,2H3. The smallest absolute Gasteiger partial charge is 0.0580 e. The Morgan fingerprint density at radius 2 is 2.00 bits per heavy atom. The summed E-state index contributed by atoms with van der Waals surface area (Å²) >= 11 is 0. The molecule has 14 heavy (non-hydrogen) atoms. The summed E-state index contributed by atoms with van der Waals surface area (Å²) < 4.78 is 0. The first-order valence-corrected chi connectivity index (χ1v) is 5.08. The van der Waals surface area contributed by atoms with Gasteiger partial charge in [0.15, 0.2) is 0 Å². The summed E-state index contributed by atoms with van der Waals surface area (Å²) in [4.78, 5) is 0. The van der Waals surface area contributed by atoms with Crippen LogP contribution in [0.1, 0.15) is 31.2 Å². The zero-order valence-electron chi connectivity index (χ0n) is 8.69. The summed E-state index contributed by atoms with van der Waals surface area (Å²) in [6.45, 7) is 5.76. The molecule has 76 valence electrons. The third-order valence-corrected chi connectivity index (χ3v) is 2.43. The van der Waals surface area contributed by atoms with Gasteiger partial charge in [-0.3, -0.25) is 0 Å². The Morgan fingerprint density at radius 1 is 1.36 bits per heavy atom. The molecule has 0 heterocycles. The Balaban J connectivity index is 2.50. The summed E-state index contributed by atoms with van der Waals surface area (Å²) in [5, 5.41) is 9.61. The van der Waals surface area contributed by atoms with Gasteiger partial charge in [0.05, 0.1) is 6.10 Å². The Bertz CT molecular complexity index is 266. The van der Waals surface area contributed by atoms with Crippen molar-refractivity contribution in [3.63, 3.8) is 0 Å². The first-order valence-electron chi connectivity index (χ1n) is 5.08. The number of aliphatic hydroxyl groups is 1. The monoisotopic (exact) mass is 190 g/mol. The molecule has 1 aromatic carbocycles. The molecule has 1 rings (SSSR count). The largest absolute Gasteiger partial charge is 0.393 e. The highest BCUT2D eigenvalue weighted by atomic mass is 16.3. The molecule has 0 amide bonds. The highest BCUT2D eigenvalue weighted by Crippen LogP contribution is 2.21. The third-order valence-electron chi connectivity index (χ3n) is 2.43. The van der Waals surface area contributed by atoms with E-state index in [9.17, 15) is 5.11 Å². The van der Waals surface area contributed by atoms with Crippen molar-refractivity contribution in [2.75, 3.05) is 0 Å². The molecular weight excluding hydrogens is 172 g/mol. The molecule has 2 atom stereocenters. The van der Waals surface area contributed by atoms with Crippen molar-refractivity contribution in [3.8, 4) is 0 Å². The van der Waals surface area contributed by atoms with Crippen molar-refractivity contribution >= 4 is 0 Å². The minimum atomic E-state index is -0.261. The van der Waals surface area contributed by atoms with Gasteiger partial charge in [0, 0.05) is 0 Å². The number of rotatable bonds is 5. The fourth-order valence-corrected chi connectivity index (χ4v) is 1.61. The van der Waals surface area contributed by atoms with Gasteiger partial charge in [-0.05, 0) is 24.3 Å². The van der Waals surface area contributed by atoms with Crippen LogP contribution in [0.4, 0.5) is 0 Å². The molecule has 2 unspecified atom stereocenters. The van der Waals surface area contributed by atoms with Crippen molar-refractivity contribution in [2.24, 2.45) is 0 Å². The molecule has 1 N–H and O–H groups in total. The molecule has 1 aromatic rings. The molecule has 0 aliphatic rings. The molecule has 0 spiro atoms. The predicted molar refractivity (Wildman–Crippen MR) is 60.3 cm³/mol. The predicted octanol–water partition coefficient (Wildman–Crippen LogP) is 3.12. The van der Waals surface area contributed by atoms with Crippen LogP contribution in [0.3, 0.4) is 0 Å². The van der Waals surface area contributed by atoms with Gasteiger partial charge in [-0.1, -0.05) is 43.3 Å². The number of benzene rings is 1. The molecule has 0 saturated carbocycles. The molecule has 0 radical (unpaired) electrons.